The SMILES string of the molecule is Cl.Cl.NC1CCCN(Cc2ccc(OCC(=O)N3CCCC3)cc2)CC1. The smallest absolute Gasteiger partial charge is 0.260 e. The molecule has 0 spiro atoms. The van der Waals surface area contributed by atoms with E-state index in [9.17, 15) is 4.79 Å². The molecular formula is C19H31Cl2N3O2. The van der Waals surface area contributed by atoms with Gasteiger partial charge in [0.05, 0.1) is 0 Å². The number of carbonyl (C=O) groups excluding carboxylic acids is 1. The first-order valence-electron chi connectivity index (χ1n) is 9.18. The van der Waals surface area contributed by atoms with Gasteiger partial charge in [0.25, 0.3) is 5.91 Å². The van der Waals surface area contributed by atoms with E-state index in [0.29, 0.717) is 6.04 Å². The van der Waals surface area contributed by atoms with Gasteiger partial charge in [0.1, 0.15) is 5.75 Å². The third kappa shape index (κ3) is 6.95. The molecule has 2 aliphatic heterocycles. The van der Waals surface area contributed by atoms with Gasteiger partial charge in [-0.3, -0.25) is 9.69 Å². The summed E-state index contributed by atoms with van der Waals surface area (Å²) in [5.74, 6) is 0.863. The molecule has 0 bridgehead atoms. The van der Waals surface area contributed by atoms with Crippen molar-refractivity contribution in [2.45, 2.75) is 44.7 Å². The van der Waals surface area contributed by atoms with Crippen molar-refractivity contribution >= 4 is 30.7 Å². The second-order valence-electron chi connectivity index (χ2n) is 6.99. The average Bonchev–Trinajstić information content (AvgIpc) is 3.06. The Morgan fingerprint density at radius 3 is 2.38 bits per heavy atom. The summed E-state index contributed by atoms with van der Waals surface area (Å²) >= 11 is 0. The fourth-order valence-corrected chi connectivity index (χ4v) is 3.49. The summed E-state index contributed by atoms with van der Waals surface area (Å²) in [6, 6.07) is 8.49. The summed E-state index contributed by atoms with van der Waals surface area (Å²) in [6.45, 7) is 5.05. The maximum Gasteiger partial charge on any atom is 0.260 e. The Morgan fingerprint density at radius 2 is 1.69 bits per heavy atom. The summed E-state index contributed by atoms with van der Waals surface area (Å²) in [4.78, 5) is 16.4. The number of rotatable bonds is 5. The number of hydrogen-bond acceptors (Lipinski definition) is 4. The van der Waals surface area contributed by atoms with Crippen LogP contribution in [0.2, 0.25) is 0 Å². The number of carbonyl (C=O) groups is 1. The summed E-state index contributed by atoms with van der Waals surface area (Å²) in [5.41, 5.74) is 7.32. The van der Waals surface area contributed by atoms with E-state index in [4.69, 9.17) is 10.5 Å². The first-order valence-corrected chi connectivity index (χ1v) is 9.18. The molecule has 0 aliphatic carbocycles. The Hall–Kier alpha value is -1.01. The minimum Gasteiger partial charge on any atom is -0.484 e. The van der Waals surface area contributed by atoms with E-state index in [-0.39, 0.29) is 37.3 Å². The molecule has 1 unspecified atom stereocenters. The van der Waals surface area contributed by atoms with Crippen molar-refractivity contribution in [1.82, 2.24) is 9.80 Å². The molecule has 2 aliphatic rings. The van der Waals surface area contributed by atoms with Crippen LogP contribution in [0, 0.1) is 0 Å². The van der Waals surface area contributed by atoms with E-state index in [2.05, 4.69) is 17.0 Å². The zero-order valence-corrected chi connectivity index (χ0v) is 16.9. The second kappa shape index (κ2) is 11.7. The molecule has 2 N–H and O–H groups in total. The number of halogens is 2. The fourth-order valence-electron chi connectivity index (χ4n) is 3.49. The van der Waals surface area contributed by atoms with Crippen LogP contribution < -0.4 is 10.5 Å². The normalized spacial score (nSPS) is 20.7. The maximum absolute atomic E-state index is 12.0. The van der Waals surface area contributed by atoms with Gasteiger partial charge in [-0.15, -0.1) is 24.8 Å². The van der Waals surface area contributed by atoms with Gasteiger partial charge in [0.2, 0.25) is 0 Å². The minimum atomic E-state index is 0. The molecule has 0 radical (unpaired) electrons. The van der Waals surface area contributed by atoms with Crippen molar-refractivity contribution in [3.05, 3.63) is 29.8 Å². The van der Waals surface area contributed by atoms with E-state index in [0.717, 1.165) is 64.2 Å². The summed E-state index contributed by atoms with van der Waals surface area (Å²) in [7, 11) is 0. The molecule has 2 saturated heterocycles. The number of nitrogens with zero attached hydrogens (tertiary/aromatic N) is 2. The minimum absolute atomic E-state index is 0. The molecule has 148 valence electrons. The third-order valence-electron chi connectivity index (χ3n) is 5.02. The Bertz CT molecular complexity index is 536. The highest BCUT2D eigenvalue weighted by Gasteiger charge is 2.18. The molecule has 2 fully saturated rings. The molecule has 1 aromatic rings. The fraction of sp³-hybridized carbons (Fsp3) is 0.632. The lowest BCUT2D eigenvalue weighted by molar-refractivity contribution is -0.132. The summed E-state index contributed by atoms with van der Waals surface area (Å²) in [5, 5.41) is 0. The van der Waals surface area contributed by atoms with Crippen molar-refractivity contribution in [3.8, 4) is 5.75 Å². The predicted octanol–water partition coefficient (Wildman–Crippen LogP) is 2.84. The zero-order valence-electron chi connectivity index (χ0n) is 15.3. The highest BCUT2D eigenvalue weighted by molar-refractivity contribution is 5.85. The van der Waals surface area contributed by atoms with Crippen LogP contribution >= 0.6 is 24.8 Å². The number of ether oxygens (including phenoxy) is 1. The molecule has 3 rings (SSSR count). The van der Waals surface area contributed by atoms with Crippen LogP contribution in [0.15, 0.2) is 24.3 Å². The van der Waals surface area contributed by atoms with Gasteiger partial charge in [-0.25, -0.2) is 0 Å². The zero-order chi connectivity index (χ0) is 16.8. The predicted molar refractivity (Wildman–Crippen MR) is 109 cm³/mol. The third-order valence-corrected chi connectivity index (χ3v) is 5.02. The van der Waals surface area contributed by atoms with Gasteiger partial charge in [-0.1, -0.05) is 12.1 Å². The molecule has 2 heterocycles. The van der Waals surface area contributed by atoms with Crippen molar-refractivity contribution in [2.75, 3.05) is 32.8 Å². The molecular weight excluding hydrogens is 373 g/mol. The average molecular weight is 404 g/mol. The molecule has 0 aromatic heterocycles. The highest BCUT2D eigenvalue weighted by Crippen LogP contribution is 2.17. The molecule has 1 aromatic carbocycles. The lowest BCUT2D eigenvalue weighted by atomic mass is 10.1. The number of likely N-dealkylation sites (tertiary alicyclic amines) is 2. The van der Waals surface area contributed by atoms with Gasteiger partial charge in [-0.05, 0) is 62.9 Å². The van der Waals surface area contributed by atoms with Crippen LogP contribution in [0.5, 0.6) is 5.75 Å². The number of nitrogens with two attached hydrogens (primary N) is 1. The quantitative estimate of drug-likeness (QED) is 0.820. The lowest BCUT2D eigenvalue weighted by Gasteiger charge is -2.20. The van der Waals surface area contributed by atoms with E-state index in [1.165, 1.54) is 12.0 Å². The van der Waals surface area contributed by atoms with Crippen LogP contribution in [0.3, 0.4) is 0 Å². The Labute approximate surface area is 169 Å². The van der Waals surface area contributed by atoms with E-state index in [1.54, 1.807) is 0 Å². The number of amides is 1. The molecule has 0 saturated carbocycles. The van der Waals surface area contributed by atoms with E-state index < -0.39 is 0 Å². The van der Waals surface area contributed by atoms with Crippen LogP contribution in [-0.4, -0.2) is 54.5 Å². The first kappa shape index (κ1) is 23.0. The lowest BCUT2D eigenvalue weighted by Crippen LogP contribution is -2.32. The Morgan fingerprint density at radius 1 is 1.00 bits per heavy atom. The Balaban J connectivity index is 0.00000169. The van der Waals surface area contributed by atoms with E-state index >= 15 is 0 Å². The standard InChI is InChI=1S/C19H29N3O2.2ClH/c20-17-4-3-10-21(13-9-17)14-16-5-7-18(8-6-16)24-15-19(23)22-11-1-2-12-22;;/h5-8,17H,1-4,9-15,20H2;2*1H. The van der Waals surface area contributed by atoms with Crippen LogP contribution in [-0.2, 0) is 11.3 Å². The van der Waals surface area contributed by atoms with Crippen molar-refractivity contribution in [1.29, 1.82) is 0 Å². The molecule has 5 nitrogen and oxygen atoms in total. The monoisotopic (exact) mass is 403 g/mol. The summed E-state index contributed by atoms with van der Waals surface area (Å²) < 4.78 is 5.64. The maximum atomic E-state index is 12.0. The first-order chi connectivity index (χ1) is 11.7. The van der Waals surface area contributed by atoms with Gasteiger partial charge in [0.15, 0.2) is 6.61 Å². The number of benzene rings is 1. The van der Waals surface area contributed by atoms with Gasteiger partial charge >= 0.3 is 0 Å². The second-order valence-corrected chi connectivity index (χ2v) is 6.99. The van der Waals surface area contributed by atoms with Crippen molar-refractivity contribution in [3.63, 3.8) is 0 Å². The molecule has 1 amide bonds. The topological polar surface area (TPSA) is 58.8 Å². The molecule has 26 heavy (non-hydrogen) atoms. The largest absolute Gasteiger partial charge is 0.484 e. The van der Waals surface area contributed by atoms with Gasteiger partial charge in [0, 0.05) is 25.7 Å². The van der Waals surface area contributed by atoms with Gasteiger partial charge < -0.3 is 15.4 Å². The van der Waals surface area contributed by atoms with E-state index in [1.807, 2.05) is 17.0 Å². The van der Waals surface area contributed by atoms with Crippen LogP contribution in [0.25, 0.3) is 0 Å². The Kier molecular flexibility index (Phi) is 10.3. The molecule has 7 heteroatoms. The highest BCUT2D eigenvalue weighted by atomic mass is 35.5. The molecule has 1 atom stereocenters. The van der Waals surface area contributed by atoms with Gasteiger partial charge in [-0.2, -0.15) is 0 Å². The summed E-state index contributed by atoms with van der Waals surface area (Å²) in [6.07, 6.45) is 5.62. The van der Waals surface area contributed by atoms with Crippen LogP contribution in [0.4, 0.5) is 0 Å². The van der Waals surface area contributed by atoms with Crippen LogP contribution in [0.1, 0.15) is 37.7 Å². The van der Waals surface area contributed by atoms with Crippen molar-refractivity contribution in [2.24, 2.45) is 5.73 Å². The number of hydrogen-bond donors (Lipinski definition) is 1. The van der Waals surface area contributed by atoms with Crippen molar-refractivity contribution < 1.29 is 9.53 Å².